The Kier molecular flexibility index (Phi) is 4.52. The molecule has 0 radical (unpaired) electrons. The number of hydrogen-bond donors (Lipinski definition) is 0. The van der Waals surface area contributed by atoms with Gasteiger partial charge in [0.2, 0.25) is 0 Å². The highest BCUT2D eigenvalue weighted by atomic mass is 16.2. The lowest BCUT2D eigenvalue weighted by Gasteiger charge is -2.32. The van der Waals surface area contributed by atoms with Crippen LogP contribution in [0.3, 0.4) is 0 Å². The minimum Gasteiger partial charge on any atom is -0.298 e. The Morgan fingerprint density at radius 2 is 0.694 bits per heavy atom. The lowest BCUT2D eigenvalue weighted by Crippen LogP contribution is -2.43. The molecule has 0 aromatic heterocycles. The number of benzene rings is 4. The van der Waals surface area contributed by atoms with E-state index in [9.17, 15) is 28.8 Å². The van der Waals surface area contributed by atoms with Crippen molar-refractivity contribution in [1.82, 2.24) is 0 Å². The van der Waals surface area contributed by atoms with Gasteiger partial charge in [0, 0.05) is 44.2 Å². The maximum atomic E-state index is 13.4. The summed E-state index contributed by atoms with van der Waals surface area (Å²) in [6.07, 6.45) is 1.32. The van der Waals surface area contributed by atoms with E-state index in [0.29, 0.717) is 35.1 Å². The molecule has 0 N–H and O–H groups in total. The minimum absolute atomic E-state index is 0.189. The first kappa shape index (κ1) is 21.3. The molecule has 2 heterocycles. The van der Waals surface area contributed by atoms with E-state index in [1.165, 1.54) is 72.8 Å². The van der Waals surface area contributed by atoms with Crippen molar-refractivity contribution in [2.45, 2.75) is 0 Å². The topological polar surface area (TPSA) is 109 Å². The number of nitrogens with zero attached hydrogens (tertiary/aromatic N) is 2. The highest BCUT2D eigenvalue weighted by Crippen LogP contribution is 2.40. The van der Waals surface area contributed by atoms with Crippen molar-refractivity contribution < 1.29 is 28.8 Å². The van der Waals surface area contributed by atoms with Crippen LogP contribution in [0.5, 0.6) is 0 Å². The minimum atomic E-state index is -0.596. The highest BCUT2D eigenvalue weighted by Gasteiger charge is 2.40. The zero-order valence-electron chi connectivity index (χ0n) is 18.4. The number of anilines is 2. The maximum Gasteiger partial charge on any atom is 0.265 e. The third-order valence-electron chi connectivity index (χ3n) is 6.47. The fourth-order valence-corrected chi connectivity index (χ4v) is 4.75. The van der Waals surface area contributed by atoms with Gasteiger partial charge >= 0.3 is 0 Å². The monoisotopic (exact) mass is 474 g/mol. The van der Waals surface area contributed by atoms with E-state index in [1.807, 2.05) is 0 Å². The number of aldehydes is 2. The maximum absolute atomic E-state index is 13.4. The Labute approximate surface area is 203 Å². The lowest BCUT2D eigenvalue weighted by molar-refractivity contribution is 0.0873. The van der Waals surface area contributed by atoms with Crippen LogP contribution in [-0.2, 0) is 0 Å². The molecule has 2 aliphatic heterocycles. The Bertz CT molecular complexity index is 1490. The molecular formula is C28H14N2O6. The van der Waals surface area contributed by atoms with Crippen LogP contribution in [0, 0.1) is 0 Å². The van der Waals surface area contributed by atoms with Crippen LogP contribution in [0.2, 0.25) is 0 Å². The third-order valence-corrected chi connectivity index (χ3v) is 6.47. The van der Waals surface area contributed by atoms with Crippen molar-refractivity contribution in [3.63, 3.8) is 0 Å². The second-order valence-electron chi connectivity index (χ2n) is 8.38. The molecule has 4 aromatic rings. The van der Waals surface area contributed by atoms with E-state index in [4.69, 9.17) is 0 Å². The fraction of sp³-hybridized carbons (Fsp3) is 0. The molecule has 36 heavy (non-hydrogen) atoms. The lowest BCUT2D eigenvalue weighted by atomic mass is 9.85. The first-order valence-corrected chi connectivity index (χ1v) is 10.9. The largest absolute Gasteiger partial charge is 0.298 e. The van der Waals surface area contributed by atoms with E-state index in [0.717, 1.165) is 9.80 Å². The van der Waals surface area contributed by atoms with E-state index < -0.39 is 23.6 Å². The number of hydrogen-bond acceptors (Lipinski definition) is 6. The highest BCUT2D eigenvalue weighted by molar-refractivity contribution is 6.42. The average Bonchev–Trinajstić information content (AvgIpc) is 2.91. The number of imide groups is 2. The summed E-state index contributed by atoms with van der Waals surface area (Å²) in [5.41, 5.74) is 2.15. The second-order valence-corrected chi connectivity index (χ2v) is 8.38. The predicted octanol–water partition coefficient (Wildman–Crippen LogP) is 4.07. The molecule has 0 saturated carbocycles. The van der Waals surface area contributed by atoms with Crippen LogP contribution in [0.1, 0.15) is 62.1 Å². The van der Waals surface area contributed by atoms with Gasteiger partial charge in [-0.05, 0) is 72.8 Å². The van der Waals surface area contributed by atoms with Crippen molar-refractivity contribution in [1.29, 1.82) is 0 Å². The van der Waals surface area contributed by atoms with Crippen LogP contribution < -0.4 is 9.80 Å². The number of carbonyl (C=O) groups is 6. The summed E-state index contributed by atoms with van der Waals surface area (Å²) in [6, 6.07) is 18.0. The van der Waals surface area contributed by atoms with Gasteiger partial charge in [-0.15, -0.1) is 0 Å². The van der Waals surface area contributed by atoms with Gasteiger partial charge in [-0.2, -0.15) is 0 Å². The number of rotatable bonds is 4. The van der Waals surface area contributed by atoms with E-state index in [1.54, 1.807) is 0 Å². The van der Waals surface area contributed by atoms with Crippen molar-refractivity contribution >= 4 is 58.3 Å². The third kappa shape index (κ3) is 2.81. The molecule has 0 unspecified atom stereocenters. The van der Waals surface area contributed by atoms with Gasteiger partial charge < -0.3 is 0 Å². The van der Waals surface area contributed by atoms with Gasteiger partial charge in [0.05, 0.1) is 11.4 Å². The summed E-state index contributed by atoms with van der Waals surface area (Å²) in [5.74, 6) is -2.38. The summed E-state index contributed by atoms with van der Waals surface area (Å²) in [7, 11) is 0. The molecule has 0 fully saturated rings. The van der Waals surface area contributed by atoms with Crippen molar-refractivity contribution in [3.8, 4) is 0 Å². The van der Waals surface area contributed by atoms with Crippen molar-refractivity contribution in [3.05, 3.63) is 106 Å². The summed E-state index contributed by atoms with van der Waals surface area (Å²) >= 11 is 0. The summed E-state index contributed by atoms with van der Waals surface area (Å²) in [5, 5.41) is 0.525. The van der Waals surface area contributed by atoms with Crippen molar-refractivity contribution in [2.24, 2.45) is 0 Å². The summed E-state index contributed by atoms with van der Waals surface area (Å²) in [6.45, 7) is 0. The van der Waals surface area contributed by atoms with Gasteiger partial charge in [0.1, 0.15) is 12.6 Å². The molecule has 8 heteroatoms. The van der Waals surface area contributed by atoms with Crippen molar-refractivity contribution in [2.75, 3.05) is 9.80 Å². The molecular weight excluding hydrogens is 460 g/mol. The molecule has 172 valence electrons. The molecule has 4 amide bonds. The second kappa shape index (κ2) is 7.64. The fourth-order valence-electron chi connectivity index (χ4n) is 4.75. The number of carbonyl (C=O) groups excluding carboxylic acids is 6. The van der Waals surface area contributed by atoms with E-state index >= 15 is 0 Å². The summed E-state index contributed by atoms with van der Waals surface area (Å²) in [4.78, 5) is 77.7. The van der Waals surface area contributed by atoms with E-state index in [2.05, 4.69) is 0 Å². The van der Waals surface area contributed by atoms with Crippen LogP contribution in [-0.4, -0.2) is 36.2 Å². The molecule has 4 aromatic carbocycles. The average molecular weight is 474 g/mol. The van der Waals surface area contributed by atoms with Gasteiger partial charge in [-0.25, -0.2) is 9.80 Å². The molecule has 0 aliphatic carbocycles. The zero-order chi connectivity index (χ0) is 25.1. The molecule has 6 rings (SSSR count). The van der Waals surface area contributed by atoms with Crippen LogP contribution in [0.25, 0.3) is 10.8 Å². The van der Waals surface area contributed by atoms with Gasteiger partial charge in [-0.1, -0.05) is 0 Å². The smallest absolute Gasteiger partial charge is 0.265 e. The predicted molar refractivity (Wildman–Crippen MR) is 130 cm³/mol. The first-order chi connectivity index (χ1) is 17.4. The van der Waals surface area contributed by atoms with Crippen LogP contribution in [0.15, 0.2) is 72.8 Å². The molecule has 0 atom stereocenters. The Balaban J connectivity index is 1.51. The SMILES string of the molecule is O=Cc1ccc(N2C(=O)c3ccc4c5c(ccc(c35)C2=O)C(=O)N(c2ccc(C=O)cc2)C4=O)cc1. The van der Waals surface area contributed by atoms with Gasteiger partial charge in [0.25, 0.3) is 23.6 Å². The normalized spacial score (nSPS) is 14.4. The van der Waals surface area contributed by atoms with E-state index in [-0.39, 0.29) is 33.0 Å². The summed E-state index contributed by atoms with van der Waals surface area (Å²) < 4.78 is 0. The first-order valence-electron chi connectivity index (χ1n) is 10.9. The number of amides is 4. The Hall–Kier alpha value is -5.24. The molecule has 8 nitrogen and oxygen atoms in total. The quantitative estimate of drug-likeness (QED) is 0.326. The Morgan fingerprint density at radius 1 is 0.417 bits per heavy atom. The Morgan fingerprint density at radius 3 is 0.944 bits per heavy atom. The van der Waals surface area contributed by atoms with Crippen LogP contribution >= 0.6 is 0 Å². The van der Waals surface area contributed by atoms with Crippen LogP contribution in [0.4, 0.5) is 11.4 Å². The van der Waals surface area contributed by atoms with Gasteiger partial charge in [0.15, 0.2) is 0 Å². The molecule has 2 aliphatic rings. The molecule has 0 bridgehead atoms. The van der Waals surface area contributed by atoms with Gasteiger partial charge in [-0.3, -0.25) is 28.8 Å². The standard InChI is InChI=1S/C28H14N2O6/c31-13-15-1-5-17(6-2-15)29-25(33)19-9-11-21-24-22(12-10-20(23(19)24)26(29)34)28(36)30(27(21)35)18-7-3-16(14-32)4-8-18/h1-14H. The molecule has 0 saturated heterocycles. The zero-order valence-corrected chi connectivity index (χ0v) is 18.4. The molecule has 0 spiro atoms.